The first kappa shape index (κ1) is 36.6. The van der Waals surface area contributed by atoms with E-state index in [0.717, 1.165) is 0 Å². The molecule has 0 aliphatic carbocycles. The quantitative estimate of drug-likeness (QED) is 0.107. The molecule has 0 atom stereocenters. The molecule has 0 aliphatic rings. The van der Waals surface area contributed by atoms with Crippen LogP contribution in [0.2, 0.25) is 0 Å². The van der Waals surface area contributed by atoms with Crippen LogP contribution in [0.4, 0.5) is 0 Å². The van der Waals surface area contributed by atoms with Crippen LogP contribution in [0.1, 0.15) is 33.4 Å². The average Bonchev–Trinajstić information content (AvgIpc) is 3.17. The highest BCUT2D eigenvalue weighted by molar-refractivity contribution is 7.94. The van der Waals surface area contributed by atoms with Crippen molar-refractivity contribution in [3.05, 3.63) is 197 Å². The maximum absolute atomic E-state index is 5.29. The fourth-order valence-corrected chi connectivity index (χ4v) is 14.7. The minimum absolute atomic E-state index is 0.00916. The summed E-state index contributed by atoms with van der Waals surface area (Å²) in [6.45, 7) is 8.86. The highest BCUT2D eigenvalue weighted by Crippen LogP contribution is 2.45. The van der Waals surface area contributed by atoms with Crippen molar-refractivity contribution >= 4 is 81.3 Å². The van der Waals surface area contributed by atoms with Gasteiger partial charge in [-0.3, -0.25) is 0 Å². The van der Waals surface area contributed by atoms with E-state index in [-0.39, 0.29) is 6.71 Å². The van der Waals surface area contributed by atoms with Crippen LogP contribution < -0.4 is 48.2 Å². The molecule has 0 aromatic heterocycles. The number of aryl methyl sites for hydroxylation is 6. The van der Waals surface area contributed by atoms with Gasteiger partial charge >= 0.3 is 0 Å². The molecule has 7 aromatic rings. The fraction of sp³-hybridized carbons (Fsp3) is 0.120. The molecule has 53 heavy (non-hydrogen) atoms. The molecule has 3 heteroatoms. The molecular weight excluding hydrogens is 673 g/mol. The van der Waals surface area contributed by atoms with E-state index in [0.29, 0.717) is 0 Å². The van der Waals surface area contributed by atoms with Gasteiger partial charge in [0, 0.05) is 0 Å². The zero-order valence-corrected chi connectivity index (χ0v) is 33.8. The van der Waals surface area contributed by atoms with Gasteiger partial charge in [0.25, 0.3) is 0 Å². The highest BCUT2D eigenvalue weighted by atomic mass is 31.2. The van der Waals surface area contributed by atoms with Gasteiger partial charge in [-0.15, -0.1) is 0 Å². The fourth-order valence-electron chi connectivity index (χ4n) is 8.62. The third-order valence-electron chi connectivity index (χ3n) is 11.0. The molecule has 0 nitrogen and oxygen atoms in total. The molecule has 0 saturated carbocycles. The van der Waals surface area contributed by atoms with Crippen molar-refractivity contribution in [2.24, 2.45) is 0 Å². The third kappa shape index (κ3) is 6.79. The van der Waals surface area contributed by atoms with Gasteiger partial charge in [-0.2, -0.15) is 0 Å². The van der Waals surface area contributed by atoms with Crippen molar-refractivity contribution in [1.82, 2.24) is 0 Å². The highest BCUT2D eigenvalue weighted by Gasteiger charge is 2.33. The topological polar surface area (TPSA) is 0 Å². The maximum Gasteiger partial charge on any atom is 0.242 e. The average molecular weight is 723 g/mol. The molecule has 0 saturated heterocycles. The molecule has 0 N–H and O–H groups in total. The molecule has 7 aromatic carbocycles. The normalized spacial score (nSPS) is 11.7. The van der Waals surface area contributed by atoms with Gasteiger partial charge in [-0.25, -0.2) is 0 Å². The number of benzene rings is 7. The summed E-state index contributed by atoms with van der Waals surface area (Å²) in [5.74, 6) is 0. The van der Waals surface area contributed by atoms with Gasteiger partial charge < -0.3 is 0 Å². The Morgan fingerprint density at radius 3 is 0.868 bits per heavy atom. The van der Waals surface area contributed by atoms with Crippen molar-refractivity contribution in [1.29, 1.82) is 0 Å². The second kappa shape index (κ2) is 14.9. The van der Waals surface area contributed by atoms with Crippen LogP contribution in [-0.2, 0) is 0 Å². The van der Waals surface area contributed by atoms with Crippen LogP contribution in [-0.4, -0.2) is 19.3 Å². The Kier molecular flexibility index (Phi) is 10.3. The van der Waals surface area contributed by atoms with Crippen LogP contribution in [0, 0.1) is 41.5 Å². The Morgan fingerprint density at radius 1 is 0.340 bits per heavy atom. The summed E-state index contributed by atoms with van der Waals surface area (Å²) >= 11 is 0. The maximum atomic E-state index is 5.29. The minimum Gasteiger partial charge on any atom is -0.0887 e. The molecule has 0 spiro atoms. The summed E-state index contributed by atoms with van der Waals surface area (Å²) in [6, 6.07) is 61.0. The van der Waals surface area contributed by atoms with Crippen molar-refractivity contribution in [3.63, 3.8) is 0 Å². The number of rotatable bonds is 9. The van der Waals surface area contributed by atoms with Crippen LogP contribution in [0.3, 0.4) is 0 Å². The summed E-state index contributed by atoms with van der Waals surface area (Å²) in [5, 5.41) is 7.62. The molecular formula is C50H49BP2. The third-order valence-corrected chi connectivity index (χ3v) is 18.0. The second-order valence-corrected chi connectivity index (χ2v) is 21.1. The minimum atomic E-state index is -2.38. The Hall–Kier alpha value is -4.80. The van der Waals surface area contributed by atoms with Gasteiger partial charge in [0.1, 0.15) is 0 Å². The van der Waals surface area contributed by atoms with E-state index in [2.05, 4.69) is 205 Å². The lowest BCUT2D eigenvalue weighted by atomic mass is 9.34. The van der Waals surface area contributed by atoms with Gasteiger partial charge in [0.15, 0.2) is 0 Å². The van der Waals surface area contributed by atoms with Crippen molar-refractivity contribution in [2.75, 3.05) is 0 Å². The molecule has 0 unspecified atom stereocenters. The molecule has 0 radical (unpaired) electrons. The molecule has 0 fully saturated rings. The van der Waals surface area contributed by atoms with E-state index < -0.39 is 13.8 Å². The lowest BCUT2D eigenvalue weighted by molar-refractivity contribution is 1.34. The van der Waals surface area contributed by atoms with Gasteiger partial charge in [0.05, 0.1) is 0 Å². The van der Waals surface area contributed by atoms with Gasteiger partial charge in [-0.1, -0.05) is 220 Å². The molecule has 262 valence electrons. The summed E-state index contributed by atoms with van der Waals surface area (Å²) in [7, 11) is 0. The lowest BCUT2D eigenvalue weighted by Gasteiger charge is -2.33. The Labute approximate surface area is 318 Å². The number of hydrogen-bond donors (Lipinski definition) is 0. The van der Waals surface area contributed by atoms with Gasteiger partial charge in [-0.05, 0) is 93.2 Å². The molecule has 0 aliphatic heterocycles. The molecule has 7 rings (SSSR count). The predicted octanol–water partition coefficient (Wildman–Crippen LogP) is 7.51. The lowest BCUT2D eigenvalue weighted by Crippen LogP contribution is -2.57. The van der Waals surface area contributed by atoms with Gasteiger partial charge in [0.2, 0.25) is 6.71 Å². The predicted molar refractivity (Wildman–Crippen MR) is 244 cm³/mol. The monoisotopic (exact) mass is 722 g/mol. The zero-order valence-electron chi connectivity index (χ0n) is 32.0. The van der Waals surface area contributed by atoms with Crippen LogP contribution in [0.5, 0.6) is 0 Å². The van der Waals surface area contributed by atoms with E-state index >= 15 is 0 Å². The summed E-state index contributed by atoms with van der Waals surface area (Å²) < 4.78 is 0. The van der Waals surface area contributed by atoms with E-state index in [9.17, 15) is 0 Å². The van der Waals surface area contributed by atoms with E-state index in [4.69, 9.17) is 12.6 Å². The smallest absolute Gasteiger partial charge is 0.0887 e. The Balaban J connectivity index is 1.67. The molecule has 0 bridgehead atoms. The standard InChI is InChI=1S/C50H49BP2/c1-36-29-38(3)49(39(4)30-36)51(50-40(5)31-37(2)32-41(50)6)42-33-47(52(7,43-21-13-9-14-22-43)44-23-15-10-16-24-44)35-48(34-42)53(8,45-25-17-11-18-26-45)46-27-19-12-20-28-46/h9-35H,7-8H2,1-6H3. The summed E-state index contributed by atoms with van der Waals surface area (Å²) in [5.41, 5.74) is 11.9. The van der Waals surface area contributed by atoms with E-state index in [1.54, 1.807) is 0 Å². The molecule has 0 heterocycles. The first-order valence-electron chi connectivity index (χ1n) is 18.5. The first-order valence-corrected chi connectivity index (χ1v) is 22.5. The second-order valence-electron chi connectivity index (χ2n) is 14.8. The summed E-state index contributed by atoms with van der Waals surface area (Å²) in [6.07, 6.45) is 10.6. The summed E-state index contributed by atoms with van der Waals surface area (Å²) in [4.78, 5) is 0. The van der Waals surface area contributed by atoms with Crippen LogP contribution in [0.15, 0.2) is 164 Å². The SMILES string of the molecule is C=P(c1ccccc1)(c1ccccc1)c1cc(B(c2c(C)cc(C)cc2C)c2c(C)cc(C)cc2C)cc(P(=C)(c2ccccc2)c2ccccc2)c1. The zero-order chi connectivity index (χ0) is 37.3. The molecule has 0 amide bonds. The van der Waals surface area contributed by atoms with Crippen LogP contribution >= 0.6 is 13.8 Å². The van der Waals surface area contributed by atoms with Crippen molar-refractivity contribution in [2.45, 2.75) is 41.5 Å². The first-order chi connectivity index (χ1) is 25.5. The Morgan fingerprint density at radius 2 is 0.604 bits per heavy atom. The largest absolute Gasteiger partial charge is 0.242 e. The Bertz CT molecular complexity index is 2200. The van der Waals surface area contributed by atoms with Crippen LogP contribution in [0.25, 0.3) is 0 Å². The van der Waals surface area contributed by atoms with Crippen molar-refractivity contribution < 1.29 is 0 Å². The van der Waals surface area contributed by atoms with E-state index in [1.807, 2.05) is 0 Å². The number of hydrogen-bond acceptors (Lipinski definition) is 0. The van der Waals surface area contributed by atoms with E-state index in [1.165, 1.54) is 81.6 Å². The van der Waals surface area contributed by atoms with Crippen molar-refractivity contribution in [3.8, 4) is 0 Å².